The molecule has 0 aliphatic carbocycles. The molecule has 7 heteroatoms. The average molecular weight is 423 g/mol. The first kappa shape index (κ1) is 24.0. The van der Waals surface area contributed by atoms with Gasteiger partial charge in [0.1, 0.15) is 11.6 Å². The van der Waals surface area contributed by atoms with Crippen molar-refractivity contribution in [1.29, 1.82) is 0 Å². The number of hydrogen-bond acceptors (Lipinski definition) is 6. The summed E-state index contributed by atoms with van der Waals surface area (Å²) in [5, 5.41) is 15.3. The monoisotopic (exact) mass is 422 g/mol. The second-order valence-corrected chi connectivity index (χ2v) is 7.17. The van der Waals surface area contributed by atoms with Gasteiger partial charge in [0.25, 0.3) is 0 Å². The van der Waals surface area contributed by atoms with Gasteiger partial charge in [-0.05, 0) is 55.2 Å². The average Bonchev–Trinajstić information content (AvgIpc) is 2.80. The van der Waals surface area contributed by atoms with E-state index in [0.717, 1.165) is 49.4 Å². The van der Waals surface area contributed by atoms with Crippen LogP contribution in [-0.2, 0) is 4.79 Å². The Morgan fingerprint density at radius 1 is 0.871 bits per heavy atom. The van der Waals surface area contributed by atoms with E-state index in [2.05, 4.69) is 58.0 Å². The summed E-state index contributed by atoms with van der Waals surface area (Å²) in [4.78, 5) is 21.9. The lowest BCUT2D eigenvalue weighted by atomic mass is 10.0. The Kier molecular flexibility index (Phi) is 10.1. The van der Waals surface area contributed by atoms with Gasteiger partial charge >= 0.3 is 5.97 Å². The lowest BCUT2D eigenvalue weighted by Crippen LogP contribution is -2.20. The molecule has 7 nitrogen and oxygen atoms in total. The summed E-state index contributed by atoms with van der Waals surface area (Å²) in [6, 6.07) is 18.5. The number of hydrogen-bond donors (Lipinski definition) is 3. The number of aryl methyl sites for hydroxylation is 1. The highest BCUT2D eigenvalue weighted by molar-refractivity contribution is 5.69. The summed E-state index contributed by atoms with van der Waals surface area (Å²) < 4.78 is 0. The van der Waals surface area contributed by atoms with Crippen LogP contribution in [0.4, 0.5) is 11.6 Å². The zero-order valence-corrected chi connectivity index (χ0v) is 17.8. The fourth-order valence-electron chi connectivity index (χ4n) is 3.33. The Labute approximate surface area is 183 Å². The molecule has 0 amide bonds. The number of anilines is 2. The van der Waals surface area contributed by atoms with E-state index in [0.29, 0.717) is 0 Å². The van der Waals surface area contributed by atoms with Gasteiger partial charge in [0.15, 0.2) is 0 Å². The van der Waals surface area contributed by atoms with Crippen molar-refractivity contribution in [2.75, 3.05) is 11.4 Å². The van der Waals surface area contributed by atoms with Crippen LogP contribution in [0.15, 0.2) is 67.0 Å². The summed E-state index contributed by atoms with van der Waals surface area (Å²) >= 11 is 0. The summed E-state index contributed by atoms with van der Waals surface area (Å²) in [5.41, 5.74) is 3.52. The molecule has 4 N–H and O–H groups in total. The Balaban J connectivity index is 0.00000166. The fourth-order valence-corrected chi connectivity index (χ4v) is 3.33. The lowest BCUT2D eigenvalue weighted by Gasteiger charge is -2.23. The quantitative estimate of drug-likeness (QED) is 0.313. The molecule has 31 heavy (non-hydrogen) atoms. The third kappa shape index (κ3) is 7.81. The van der Waals surface area contributed by atoms with Crippen molar-refractivity contribution < 1.29 is 15.1 Å². The molecule has 0 bridgehead atoms. The number of aromatic nitrogens is 2. The molecular formula is C24H30N4O3. The number of carboxylic acids is 1. The number of benzene rings is 1. The van der Waals surface area contributed by atoms with Gasteiger partial charge in [0, 0.05) is 25.4 Å². The first-order valence-corrected chi connectivity index (χ1v) is 10.3. The third-order valence-corrected chi connectivity index (χ3v) is 4.82. The van der Waals surface area contributed by atoms with Gasteiger partial charge in [-0.3, -0.25) is 4.79 Å². The van der Waals surface area contributed by atoms with Crippen molar-refractivity contribution in [1.82, 2.24) is 9.97 Å². The van der Waals surface area contributed by atoms with Gasteiger partial charge in [-0.1, -0.05) is 48.7 Å². The van der Waals surface area contributed by atoms with Crippen LogP contribution in [0.3, 0.4) is 0 Å². The number of aliphatic carboxylic acids is 1. The minimum atomic E-state index is -0.725. The maximum atomic E-state index is 10.7. The maximum Gasteiger partial charge on any atom is 0.303 e. The second kappa shape index (κ2) is 13.1. The molecule has 0 spiro atoms. The number of carbonyl (C=O) groups is 1. The van der Waals surface area contributed by atoms with Crippen LogP contribution in [0.25, 0.3) is 11.1 Å². The fraction of sp³-hybridized carbons (Fsp3) is 0.292. The van der Waals surface area contributed by atoms with Crippen LogP contribution < -0.4 is 10.8 Å². The summed E-state index contributed by atoms with van der Waals surface area (Å²) in [6.07, 6.45) is 7.44. The summed E-state index contributed by atoms with van der Waals surface area (Å²) in [6.45, 7) is 2.88. The number of pyridine rings is 2. The topological polar surface area (TPSA) is 113 Å². The minimum absolute atomic E-state index is 0.240. The molecule has 2 aromatic heterocycles. The van der Waals surface area contributed by atoms with Crippen molar-refractivity contribution in [2.45, 2.75) is 39.0 Å². The van der Waals surface area contributed by atoms with E-state index in [1.54, 1.807) is 6.20 Å². The van der Waals surface area contributed by atoms with Crippen molar-refractivity contribution in [3.63, 3.8) is 0 Å². The van der Waals surface area contributed by atoms with Crippen LogP contribution in [0.1, 0.15) is 37.7 Å². The van der Waals surface area contributed by atoms with Crippen molar-refractivity contribution in [2.24, 2.45) is 5.90 Å². The summed E-state index contributed by atoms with van der Waals surface area (Å²) in [7, 11) is 0. The minimum Gasteiger partial charge on any atom is -0.481 e. The van der Waals surface area contributed by atoms with Gasteiger partial charge in [0.2, 0.25) is 0 Å². The van der Waals surface area contributed by atoms with Crippen molar-refractivity contribution in [3.8, 4) is 11.1 Å². The van der Waals surface area contributed by atoms with Crippen LogP contribution in [0.2, 0.25) is 0 Å². The zero-order chi connectivity index (χ0) is 22.5. The van der Waals surface area contributed by atoms with Crippen LogP contribution in [-0.4, -0.2) is 32.8 Å². The molecule has 0 aliphatic rings. The van der Waals surface area contributed by atoms with E-state index in [1.807, 2.05) is 30.5 Å². The Hall–Kier alpha value is -3.29. The second-order valence-electron chi connectivity index (χ2n) is 7.17. The Morgan fingerprint density at radius 3 is 2.32 bits per heavy atom. The Bertz CT molecular complexity index is 935. The molecule has 164 valence electrons. The predicted molar refractivity (Wildman–Crippen MR) is 122 cm³/mol. The largest absolute Gasteiger partial charge is 0.481 e. The number of unbranched alkanes of at least 4 members (excludes halogenated alkanes) is 3. The predicted octanol–water partition coefficient (Wildman–Crippen LogP) is 4.96. The van der Waals surface area contributed by atoms with E-state index < -0.39 is 5.97 Å². The highest BCUT2D eigenvalue weighted by atomic mass is 16.4. The molecule has 2 heterocycles. The number of rotatable bonds is 10. The maximum absolute atomic E-state index is 10.7. The lowest BCUT2D eigenvalue weighted by molar-refractivity contribution is -0.137. The van der Waals surface area contributed by atoms with Gasteiger partial charge in [-0.15, -0.1) is 0 Å². The standard InChI is InChI=1S/C24H27N3O2.H3NO/c1-19-9-8-10-20(17-19)21-13-15-26-23(18-21)27(22-11-5-6-14-25-22)16-7-3-2-4-12-24(28)29;1-2/h5-6,8-11,13-15,17-18H,2-4,7,12,16H2,1H3,(H,28,29);2H,1H2. The number of nitrogens with zero attached hydrogens (tertiary/aromatic N) is 3. The van der Waals surface area contributed by atoms with Gasteiger partial charge in [0.05, 0.1) is 0 Å². The van der Waals surface area contributed by atoms with Crippen LogP contribution in [0, 0.1) is 6.92 Å². The van der Waals surface area contributed by atoms with Gasteiger partial charge in [-0.2, -0.15) is 0 Å². The Morgan fingerprint density at radius 2 is 1.61 bits per heavy atom. The molecule has 3 aromatic rings. The molecule has 0 aliphatic heterocycles. The van der Waals surface area contributed by atoms with E-state index >= 15 is 0 Å². The highest BCUT2D eigenvalue weighted by Gasteiger charge is 2.13. The number of carboxylic acid groups (broad SMARTS) is 1. The molecule has 0 saturated heterocycles. The molecule has 0 fully saturated rings. The third-order valence-electron chi connectivity index (χ3n) is 4.82. The first-order valence-electron chi connectivity index (χ1n) is 10.3. The van der Waals surface area contributed by atoms with Crippen LogP contribution >= 0.6 is 0 Å². The SMILES string of the molecule is Cc1cccc(-c2ccnc(N(CCCCCCC(=O)O)c3ccccn3)c2)c1.NO. The zero-order valence-electron chi connectivity index (χ0n) is 17.8. The normalized spacial score (nSPS) is 10.2. The van der Waals surface area contributed by atoms with Crippen molar-refractivity contribution >= 4 is 17.6 Å². The first-order chi connectivity index (χ1) is 15.1. The molecule has 0 saturated carbocycles. The molecule has 0 radical (unpaired) electrons. The smallest absolute Gasteiger partial charge is 0.303 e. The molecule has 0 atom stereocenters. The van der Waals surface area contributed by atoms with Crippen LogP contribution in [0.5, 0.6) is 0 Å². The van der Waals surface area contributed by atoms with E-state index in [-0.39, 0.29) is 6.42 Å². The van der Waals surface area contributed by atoms with E-state index in [4.69, 9.17) is 10.3 Å². The van der Waals surface area contributed by atoms with Gasteiger partial charge in [-0.25, -0.2) is 15.9 Å². The molecule has 1 aromatic carbocycles. The van der Waals surface area contributed by atoms with E-state index in [1.165, 1.54) is 11.1 Å². The summed E-state index contributed by atoms with van der Waals surface area (Å²) in [5.74, 6) is 4.51. The molecule has 0 unspecified atom stereocenters. The highest BCUT2D eigenvalue weighted by Crippen LogP contribution is 2.27. The van der Waals surface area contributed by atoms with Gasteiger partial charge < -0.3 is 15.2 Å². The molecular weight excluding hydrogens is 392 g/mol. The molecule has 3 rings (SSSR count). The van der Waals surface area contributed by atoms with Crippen molar-refractivity contribution in [3.05, 3.63) is 72.6 Å². The van der Waals surface area contributed by atoms with E-state index in [9.17, 15) is 4.79 Å². The number of nitrogens with two attached hydrogens (primary N) is 1.